The van der Waals surface area contributed by atoms with Crippen molar-refractivity contribution in [3.8, 4) is 11.5 Å². The van der Waals surface area contributed by atoms with Gasteiger partial charge < -0.3 is 69.0 Å². The van der Waals surface area contributed by atoms with Gasteiger partial charge in [0.05, 0.1) is 57.4 Å². The van der Waals surface area contributed by atoms with Gasteiger partial charge in [0.15, 0.2) is 41.1 Å². The Kier molecular flexibility index (Phi) is 14.5. The van der Waals surface area contributed by atoms with Crippen LogP contribution in [0.2, 0.25) is 0 Å². The van der Waals surface area contributed by atoms with E-state index in [0.29, 0.717) is 0 Å². The molecule has 2 fully saturated rings. The number of aromatic nitrogens is 8. The van der Waals surface area contributed by atoms with Crippen molar-refractivity contribution in [1.82, 2.24) is 34.1 Å². The lowest BCUT2D eigenvalue weighted by atomic mass is 10.1. The predicted octanol–water partition coefficient (Wildman–Crippen LogP) is -2.34. The van der Waals surface area contributed by atoms with Crippen molar-refractivity contribution < 1.29 is 100 Å². The number of nitro groups is 1. The number of nitrogens with zero attached hydrogens (tertiary/aromatic N) is 7. The molecule has 0 bridgehead atoms. The number of nitro benzene ring substituents is 1. The number of aromatic amines is 2. The number of aryl methyl sites for hydroxylation is 1. The molecule has 37 heteroatoms. The average Bonchev–Trinajstić information content (AvgIpc) is 3.99. The largest absolute Gasteiger partial charge is 0.493 e. The van der Waals surface area contributed by atoms with Crippen LogP contribution < -0.4 is 36.2 Å². The molecule has 6 heterocycles. The molecule has 376 valence electrons. The number of phosphoric acid groups is 1. The quantitative estimate of drug-likeness (QED) is 0.0189. The van der Waals surface area contributed by atoms with Crippen LogP contribution in [0.1, 0.15) is 18.0 Å². The molecular formula is C32H41N11O23P3+. The van der Waals surface area contributed by atoms with Gasteiger partial charge in [-0.05, 0) is 6.07 Å². The first kappa shape index (κ1) is 51.1. The molecule has 0 radical (unpaired) electrons. The first-order valence-corrected chi connectivity index (χ1v) is 24.4. The molecule has 0 aliphatic carbocycles. The lowest BCUT2D eigenvalue weighted by molar-refractivity contribution is -0.745. The SMILES string of the molecule is COc1cc(COC(=O)Nc2nc3c(c(=O)[nH]2)n(C)c[n+]3[C@@H]2O[C@H](COP(=O)(O)CP(=O)(O)OP(=O)(O)OC[C@H]3O[C@@H](n4cnc5c(=O)[nH]c(N)nc54)C(O)[C@H]3O)[C@H](O)C2O)c([N+](=O)[O-])cc1OC. The van der Waals surface area contributed by atoms with Crippen molar-refractivity contribution >= 4 is 69.0 Å². The van der Waals surface area contributed by atoms with Crippen LogP contribution in [0.5, 0.6) is 11.5 Å². The number of anilines is 2. The van der Waals surface area contributed by atoms with Crippen LogP contribution in [0.4, 0.5) is 22.4 Å². The number of H-pyrrole nitrogens is 2. The zero-order valence-corrected chi connectivity index (χ0v) is 38.2. The number of benzene rings is 1. The second-order valence-corrected chi connectivity index (χ2v) is 20.7. The van der Waals surface area contributed by atoms with Crippen LogP contribution in [-0.4, -0.2) is 150 Å². The van der Waals surface area contributed by atoms with Crippen LogP contribution in [-0.2, 0) is 54.9 Å². The molecule has 4 aromatic heterocycles. The number of ether oxygens (including phenoxy) is 5. The Morgan fingerprint density at radius 3 is 2.28 bits per heavy atom. The molecule has 1 aromatic carbocycles. The normalized spacial score (nSPS) is 25.2. The number of nitrogens with one attached hydrogen (secondary N) is 3. The Balaban J connectivity index is 0.953. The molecule has 12 N–H and O–H groups in total. The number of fused-ring (bicyclic) bond motifs is 2. The Hall–Kier alpha value is -5.80. The number of hydrogen-bond donors (Lipinski definition) is 11. The van der Waals surface area contributed by atoms with Crippen LogP contribution >= 0.6 is 23.0 Å². The Morgan fingerprint density at radius 1 is 0.942 bits per heavy atom. The molecule has 0 saturated carbocycles. The first-order valence-electron chi connectivity index (χ1n) is 19.4. The fourth-order valence-electron chi connectivity index (χ4n) is 7.13. The molecule has 5 unspecified atom stereocenters. The lowest BCUT2D eigenvalue weighted by Crippen LogP contribution is -2.46. The Labute approximate surface area is 382 Å². The van der Waals surface area contributed by atoms with E-state index in [1.807, 2.05) is 0 Å². The summed E-state index contributed by atoms with van der Waals surface area (Å²) >= 11 is 0. The summed E-state index contributed by atoms with van der Waals surface area (Å²) in [5.41, 5.74) is 2.61. The van der Waals surface area contributed by atoms with Gasteiger partial charge >= 0.3 is 34.8 Å². The molecule has 5 aromatic rings. The van der Waals surface area contributed by atoms with E-state index in [9.17, 15) is 73.3 Å². The van der Waals surface area contributed by atoms with E-state index in [2.05, 4.69) is 39.1 Å². The fourth-order valence-corrected chi connectivity index (χ4v) is 12.1. The summed E-state index contributed by atoms with van der Waals surface area (Å²) in [6, 6.07) is 2.28. The highest BCUT2D eigenvalue weighted by Crippen LogP contribution is 2.66. The second kappa shape index (κ2) is 19.5. The number of amides is 1. The number of methoxy groups -OCH3 is 2. The van der Waals surface area contributed by atoms with E-state index in [1.165, 1.54) is 38.2 Å². The van der Waals surface area contributed by atoms with E-state index in [4.69, 9.17) is 33.9 Å². The minimum atomic E-state index is -5.65. The van der Waals surface area contributed by atoms with Crippen LogP contribution in [0.15, 0.2) is 34.4 Å². The number of rotatable bonds is 18. The molecule has 7 rings (SSSR count). The highest BCUT2D eigenvalue weighted by atomic mass is 31.3. The van der Waals surface area contributed by atoms with Gasteiger partial charge in [0.25, 0.3) is 22.8 Å². The van der Waals surface area contributed by atoms with Crippen molar-refractivity contribution in [2.24, 2.45) is 7.05 Å². The molecule has 1 amide bonds. The Morgan fingerprint density at radius 2 is 1.59 bits per heavy atom. The number of phosphoric ester groups is 1. The van der Waals surface area contributed by atoms with Crippen molar-refractivity contribution in [2.75, 3.05) is 44.4 Å². The maximum atomic E-state index is 13.1. The highest BCUT2D eigenvalue weighted by molar-refractivity contribution is 7.74. The molecule has 0 spiro atoms. The maximum absolute atomic E-state index is 13.1. The monoisotopic (exact) mass is 1040 g/mol. The van der Waals surface area contributed by atoms with E-state index >= 15 is 0 Å². The van der Waals surface area contributed by atoms with Gasteiger partial charge in [-0.1, -0.05) is 4.98 Å². The van der Waals surface area contributed by atoms with Crippen LogP contribution in [0, 0.1) is 10.1 Å². The molecule has 2 aliphatic rings. The van der Waals surface area contributed by atoms with Crippen LogP contribution in [0.25, 0.3) is 22.3 Å². The zero-order chi connectivity index (χ0) is 50.5. The second-order valence-electron chi connectivity index (χ2n) is 14.9. The number of carbonyl (C=O) groups excluding carboxylic acids is 1. The van der Waals surface area contributed by atoms with Gasteiger partial charge in [-0.25, -0.2) is 28.5 Å². The third-order valence-corrected chi connectivity index (χ3v) is 16.0. The Bertz CT molecular complexity index is 3070. The maximum Gasteiger partial charge on any atom is 0.479 e. The smallest absolute Gasteiger partial charge is 0.479 e. The third kappa shape index (κ3) is 10.8. The third-order valence-electron chi connectivity index (χ3n) is 10.2. The van der Waals surface area contributed by atoms with Crippen molar-refractivity contribution in [1.29, 1.82) is 0 Å². The van der Waals surface area contributed by atoms with Crippen LogP contribution in [0.3, 0.4) is 0 Å². The molecule has 2 saturated heterocycles. The lowest BCUT2D eigenvalue weighted by Gasteiger charge is -2.21. The standard InChI is InChI=1S/C32H40N11O23P3/c1-40-10-42(25-19(40)27(49)38-31(36-25)39-32(50)61-6-12-4-14(59-2)15(60-3)5-13(12)43(51)52)29-23(47)20(44)16(65-29)7-62-67(53,54)11-68(55,56)66-69(57,58)63-8-17-21(45)22(46)28(64-17)41-9-34-18-24(41)35-30(33)37-26(18)48/h4-5,9-10,16-17,20-23,28-29,44-47H,6-8,11H2,1-3H3,(H7-,33,35,36,37,38,39,48,49,50,53,54,55,56,57,58)/p+1/t16-,17-,20+,21+,22?,23?,28-,29-/m1/s1. The highest BCUT2D eigenvalue weighted by Gasteiger charge is 2.50. The molecular weight excluding hydrogens is 999 g/mol. The van der Waals surface area contributed by atoms with Crippen molar-refractivity contribution in [3.05, 3.63) is 61.2 Å². The van der Waals surface area contributed by atoms with Gasteiger partial charge in [-0.2, -0.15) is 4.98 Å². The number of hydrogen-bond acceptors (Lipinski definition) is 24. The summed E-state index contributed by atoms with van der Waals surface area (Å²) in [6.45, 7) is -2.82. The fraction of sp³-hybridized carbons (Fsp3) is 0.469. The summed E-state index contributed by atoms with van der Waals surface area (Å²) in [7, 11) is -12.7. The van der Waals surface area contributed by atoms with Gasteiger partial charge in [0.1, 0.15) is 43.2 Å². The summed E-state index contributed by atoms with van der Waals surface area (Å²) in [4.78, 5) is 96.4. The zero-order valence-electron chi connectivity index (χ0n) is 35.5. The van der Waals surface area contributed by atoms with Gasteiger partial charge in [0.2, 0.25) is 17.7 Å². The van der Waals surface area contributed by atoms with Gasteiger partial charge in [-0.3, -0.25) is 52.5 Å². The van der Waals surface area contributed by atoms with E-state index in [-0.39, 0.29) is 45.3 Å². The summed E-state index contributed by atoms with van der Waals surface area (Å²) in [5.74, 6) is -2.56. The molecule has 69 heavy (non-hydrogen) atoms. The number of nitrogen functional groups attached to an aromatic ring is 1. The number of aliphatic hydroxyl groups is 4. The molecule has 34 nitrogen and oxygen atoms in total. The molecule has 11 atom stereocenters. The average molecular weight is 1040 g/mol. The number of imidazole rings is 2. The van der Waals surface area contributed by atoms with Crippen molar-refractivity contribution in [2.45, 2.75) is 55.7 Å². The minimum Gasteiger partial charge on any atom is -0.493 e. The molecule has 2 aliphatic heterocycles. The van der Waals surface area contributed by atoms with E-state index in [0.717, 1.165) is 21.5 Å². The first-order chi connectivity index (χ1) is 32.3. The number of nitrogens with two attached hydrogens (primary N) is 1. The minimum absolute atomic E-state index is 0.0354. The van der Waals surface area contributed by atoms with Crippen molar-refractivity contribution in [3.63, 3.8) is 0 Å². The number of aliphatic hydroxyl groups excluding tert-OH is 4. The summed E-state index contributed by atoms with van der Waals surface area (Å²) in [5, 5.41) is 56.8. The summed E-state index contributed by atoms with van der Waals surface area (Å²) in [6.07, 6.45) is -12.9. The van der Waals surface area contributed by atoms with Gasteiger partial charge in [-0.15, -0.1) is 0 Å². The summed E-state index contributed by atoms with van der Waals surface area (Å²) < 4.78 is 82.2. The van der Waals surface area contributed by atoms with Gasteiger partial charge in [0, 0.05) is 0 Å². The predicted molar refractivity (Wildman–Crippen MR) is 223 cm³/mol. The van der Waals surface area contributed by atoms with E-state index in [1.54, 1.807) is 0 Å². The van der Waals surface area contributed by atoms with E-state index < -0.39 is 132 Å². The number of carbonyl (C=O) groups is 1. The topological polar surface area (TPSA) is 483 Å².